The van der Waals surface area contributed by atoms with Crippen molar-refractivity contribution in [2.75, 3.05) is 13.7 Å². The first-order valence-corrected chi connectivity index (χ1v) is 11.5. The summed E-state index contributed by atoms with van der Waals surface area (Å²) in [4.78, 5) is 14.8. The van der Waals surface area contributed by atoms with Gasteiger partial charge in [-0.1, -0.05) is 42.5 Å². The smallest absolute Gasteiger partial charge is 0.410 e. The van der Waals surface area contributed by atoms with Gasteiger partial charge in [0.25, 0.3) is 0 Å². The second-order valence-corrected chi connectivity index (χ2v) is 9.60. The fraction of sp³-hybridized carbons (Fsp3) is 0.500. The normalized spacial score (nSPS) is 19.1. The number of nitrogens with one attached hydrogen (secondary N) is 1. The molecule has 8 heteroatoms. The Hall–Kier alpha value is -2.74. The molecule has 0 unspecified atom stereocenters. The van der Waals surface area contributed by atoms with Gasteiger partial charge in [0.05, 0.1) is 19.6 Å². The maximum atomic E-state index is 13.0. The van der Waals surface area contributed by atoms with Crippen LogP contribution in [0.3, 0.4) is 0 Å². The minimum Gasteiger partial charge on any atom is -0.496 e. The van der Waals surface area contributed by atoms with Crippen molar-refractivity contribution in [3.63, 3.8) is 0 Å². The maximum Gasteiger partial charge on any atom is 0.410 e. The third kappa shape index (κ3) is 7.13. The summed E-state index contributed by atoms with van der Waals surface area (Å²) in [5.74, 6) is 0.523. The van der Waals surface area contributed by atoms with Crippen LogP contribution in [0.15, 0.2) is 48.5 Å². The van der Waals surface area contributed by atoms with Gasteiger partial charge in [0.2, 0.25) is 0 Å². The van der Waals surface area contributed by atoms with E-state index < -0.39 is 18.2 Å². The Morgan fingerprint density at radius 1 is 1.12 bits per heavy atom. The molecule has 0 bridgehead atoms. The van der Waals surface area contributed by atoms with Gasteiger partial charge < -0.3 is 14.8 Å². The monoisotopic (exact) mass is 478 g/mol. The molecule has 2 aromatic carbocycles. The second-order valence-electron chi connectivity index (χ2n) is 9.60. The Morgan fingerprint density at radius 2 is 1.82 bits per heavy atom. The quantitative estimate of drug-likeness (QED) is 0.551. The number of hydrogen-bond acceptors (Lipinski definition) is 4. The number of ether oxygens (including phenoxy) is 2. The highest BCUT2D eigenvalue weighted by Gasteiger charge is 2.37. The SMILES string of the molecule is COc1ccc(CC(F)(F)F)cc1CN[C@H]1CCCN(C(=O)OC(C)(C)C)[C@H]1c1ccccc1. The van der Waals surface area contributed by atoms with Gasteiger partial charge in [-0.25, -0.2) is 4.79 Å². The molecule has 0 aliphatic carbocycles. The molecule has 0 spiro atoms. The summed E-state index contributed by atoms with van der Waals surface area (Å²) in [5, 5.41) is 3.49. The van der Waals surface area contributed by atoms with Gasteiger partial charge in [-0.05, 0) is 50.8 Å². The number of methoxy groups -OCH3 is 1. The van der Waals surface area contributed by atoms with Crippen LogP contribution < -0.4 is 10.1 Å². The van der Waals surface area contributed by atoms with Gasteiger partial charge in [-0.2, -0.15) is 13.2 Å². The topological polar surface area (TPSA) is 50.8 Å². The van der Waals surface area contributed by atoms with E-state index in [-0.39, 0.29) is 23.7 Å². The standard InChI is InChI=1S/C26H33F3N2O3/c1-25(2,3)34-24(32)31-14-8-11-21(23(31)19-9-6-5-7-10-19)30-17-20-15-18(16-26(27,28)29)12-13-22(20)33-4/h5-7,9-10,12-13,15,21,23,30H,8,11,14,16-17H2,1-4H3/t21-,23-/m0/s1. The Bertz CT molecular complexity index is 958. The number of nitrogens with zero attached hydrogens (tertiary/aromatic N) is 1. The minimum atomic E-state index is -4.28. The van der Waals surface area contributed by atoms with E-state index in [1.54, 1.807) is 11.0 Å². The van der Waals surface area contributed by atoms with E-state index in [4.69, 9.17) is 9.47 Å². The minimum absolute atomic E-state index is 0.111. The Kier molecular flexibility index (Phi) is 8.13. The molecule has 2 atom stereocenters. The van der Waals surface area contributed by atoms with E-state index in [1.807, 2.05) is 51.1 Å². The number of piperidine rings is 1. The van der Waals surface area contributed by atoms with E-state index in [9.17, 15) is 18.0 Å². The predicted molar refractivity (Wildman–Crippen MR) is 125 cm³/mol. The third-order valence-corrected chi connectivity index (χ3v) is 5.70. The molecule has 1 saturated heterocycles. The average Bonchev–Trinajstić information content (AvgIpc) is 2.76. The highest BCUT2D eigenvalue weighted by atomic mass is 19.4. The number of carbonyl (C=O) groups excluding carboxylic acids is 1. The fourth-order valence-corrected chi connectivity index (χ4v) is 4.35. The van der Waals surface area contributed by atoms with Crippen LogP contribution in [0.4, 0.5) is 18.0 Å². The van der Waals surface area contributed by atoms with Crippen molar-refractivity contribution in [3.8, 4) is 5.75 Å². The van der Waals surface area contributed by atoms with Crippen LogP contribution in [0.25, 0.3) is 0 Å². The van der Waals surface area contributed by atoms with Crippen molar-refractivity contribution in [2.24, 2.45) is 0 Å². The molecule has 5 nitrogen and oxygen atoms in total. The molecule has 1 heterocycles. The first-order chi connectivity index (χ1) is 16.0. The molecule has 1 N–H and O–H groups in total. The Balaban J connectivity index is 1.85. The van der Waals surface area contributed by atoms with Crippen LogP contribution in [0.1, 0.15) is 56.3 Å². The molecule has 0 radical (unpaired) electrons. The molecule has 34 heavy (non-hydrogen) atoms. The van der Waals surface area contributed by atoms with Gasteiger partial charge in [0.15, 0.2) is 0 Å². The third-order valence-electron chi connectivity index (χ3n) is 5.70. The fourth-order valence-electron chi connectivity index (χ4n) is 4.35. The molecular weight excluding hydrogens is 445 g/mol. The zero-order valence-corrected chi connectivity index (χ0v) is 20.1. The summed E-state index contributed by atoms with van der Waals surface area (Å²) in [6.07, 6.45) is -4.06. The molecule has 0 aromatic heterocycles. The van der Waals surface area contributed by atoms with E-state index in [2.05, 4.69) is 5.32 Å². The second kappa shape index (κ2) is 10.7. The number of likely N-dealkylation sites (tertiary alicyclic amines) is 1. The molecule has 1 amide bonds. The Morgan fingerprint density at radius 3 is 2.44 bits per heavy atom. The molecule has 186 valence electrons. The lowest BCUT2D eigenvalue weighted by molar-refractivity contribution is -0.127. The van der Waals surface area contributed by atoms with Crippen molar-refractivity contribution in [2.45, 2.75) is 70.4 Å². The summed E-state index contributed by atoms with van der Waals surface area (Å²) in [7, 11) is 1.50. The van der Waals surface area contributed by atoms with E-state index in [0.29, 0.717) is 24.4 Å². The van der Waals surface area contributed by atoms with Crippen LogP contribution in [-0.4, -0.2) is 42.5 Å². The number of amides is 1. The molecule has 3 rings (SSSR count). The van der Waals surface area contributed by atoms with E-state index in [1.165, 1.54) is 19.2 Å². The number of alkyl halides is 3. The summed E-state index contributed by atoms with van der Waals surface area (Å²) in [5.41, 5.74) is 1.18. The van der Waals surface area contributed by atoms with Crippen molar-refractivity contribution in [3.05, 3.63) is 65.2 Å². The Labute approximate surface area is 199 Å². The lowest BCUT2D eigenvalue weighted by atomic mass is 9.90. The molecular formula is C26H33F3N2O3. The van der Waals surface area contributed by atoms with E-state index in [0.717, 1.165) is 18.4 Å². The predicted octanol–water partition coefficient (Wildman–Crippen LogP) is 6.03. The number of rotatable bonds is 6. The summed E-state index contributed by atoms with van der Waals surface area (Å²) >= 11 is 0. The van der Waals surface area contributed by atoms with Gasteiger partial charge in [-0.3, -0.25) is 4.90 Å². The van der Waals surface area contributed by atoms with Crippen LogP contribution in [0, 0.1) is 0 Å². The largest absolute Gasteiger partial charge is 0.496 e. The van der Waals surface area contributed by atoms with E-state index >= 15 is 0 Å². The lowest BCUT2D eigenvalue weighted by Crippen LogP contribution is -2.51. The van der Waals surface area contributed by atoms with Crippen LogP contribution in [0.2, 0.25) is 0 Å². The van der Waals surface area contributed by atoms with Crippen LogP contribution in [-0.2, 0) is 17.7 Å². The molecule has 0 saturated carbocycles. The van der Waals surface area contributed by atoms with Gasteiger partial charge in [0.1, 0.15) is 11.4 Å². The summed E-state index contributed by atoms with van der Waals surface area (Å²) in [6.45, 7) is 6.38. The van der Waals surface area contributed by atoms with Crippen LogP contribution in [0.5, 0.6) is 5.75 Å². The maximum absolute atomic E-state index is 13.0. The zero-order chi connectivity index (χ0) is 24.9. The van der Waals surface area contributed by atoms with Crippen molar-refractivity contribution in [1.29, 1.82) is 0 Å². The summed E-state index contributed by atoms with van der Waals surface area (Å²) < 4.78 is 49.8. The average molecular weight is 479 g/mol. The first-order valence-electron chi connectivity index (χ1n) is 11.5. The highest BCUT2D eigenvalue weighted by molar-refractivity contribution is 5.69. The number of hydrogen-bond donors (Lipinski definition) is 1. The first kappa shape index (κ1) is 25.9. The number of benzene rings is 2. The van der Waals surface area contributed by atoms with Crippen molar-refractivity contribution in [1.82, 2.24) is 10.2 Å². The number of carbonyl (C=O) groups is 1. The molecule has 1 aliphatic heterocycles. The highest BCUT2D eigenvalue weighted by Crippen LogP contribution is 2.33. The lowest BCUT2D eigenvalue weighted by Gasteiger charge is -2.42. The van der Waals surface area contributed by atoms with Crippen LogP contribution >= 0.6 is 0 Å². The summed E-state index contributed by atoms with van der Waals surface area (Å²) in [6, 6.07) is 13.9. The molecule has 1 fully saturated rings. The number of halogens is 3. The zero-order valence-electron chi connectivity index (χ0n) is 20.1. The molecule has 1 aliphatic rings. The van der Waals surface area contributed by atoms with Gasteiger partial charge >= 0.3 is 12.3 Å². The van der Waals surface area contributed by atoms with Crippen molar-refractivity contribution < 1.29 is 27.4 Å². The van der Waals surface area contributed by atoms with Crippen molar-refractivity contribution >= 4 is 6.09 Å². The van der Waals surface area contributed by atoms with Gasteiger partial charge in [-0.15, -0.1) is 0 Å². The van der Waals surface area contributed by atoms with Gasteiger partial charge in [0, 0.05) is 24.7 Å². The molecule has 2 aromatic rings.